The lowest BCUT2D eigenvalue weighted by molar-refractivity contribution is 0.593. The van der Waals surface area contributed by atoms with E-state index in [-0.39, 0.29) is 22.3 Å². The Morgan fingerprint density at radius 3 is 2.71 bits per heavy atom. The minimum absolute atomic E-state index is 0.0758. The molecular weight excluding hydrogens is 332 g/mol. The number of aromatic nitrogens is 3. The summed E-state index contributed by atoms with van der Waals surface area (Å²) in [6.07, 6.45) is 2.19. The number of oxazole rings is 1. The van der Waals surface area contributed by atoms with Crippen LogP contribution in [0.4, 0.5) is 0 Å². The van der Waals surface area contributed by atoms with E-state index in [9.17, 15) is 18.5 Å². The topological polar surface area (TPSA) is 118 Å². The number of sulfone groups is 1. The van der Waals surface area contributed by atoms with Gasteiger partial charge in [0.1, 0.15) is 11.6 Å². The quantitative estimate of drug-likeness (QED) is 0.479. The lowest BCUT2D eigenvalue weighted by Crippen LogP contribution is -2.14. The molecule has 1 aromatic carbocycles. The molecular formula is C15H8N4O4S. The van der Waals surface area contributed by atoms with Gasteiger partial charge in [-0.3, -0.25) is 9.20 Å². The number of pyridine rings is 1. The summed E-state index contributed by atoms with van der Waals surface area (Å²) in [5, 5.41) is 8.88. The summed E-state index contributed by atoms with van der Waals surface area (Å²) in [7, 11) is -3.69. The summed E-state index contributed by atoms with van der Waals surface area (Å²) in [5.74, 6) is 0. The Morgan fingerprint density at radius 2 is 2.00 bits per heavy atom. The highest BCUT2D eigenvalue weighted by Gasteiger charge is 2.21. The van der Waals surface area contributed by atoms with Crippen LogP contribution in [0, 0.1) is 11.3 Å². The van der Waals surface area contributed by atoms with Gasteiger partial charge in [-0.15, -0.1) is 0 Å². The molecule has 0 atom stereocenters. The maximum Gasteiger partial charge on any atom is 0.247 e. The van der Waals surface area contributed by atoms with Gasteiger partial charge in [-0.2, -0.15) is 5.26 Å². The van der Waals surface area contributed by atoms with E-state index in [1.165, 1.54) is 10.6 Å². The number of rotatable bonds is 1. The van der Waals surface area contributed by atoms with Crippen molar-refractivity contribution in [1.29, 1.82) is 5.26 Å². The van der Waals surface area contributed by atoms with Gasteiger partial charge in [0.05, 0.1) is 17.2 Å². The Morgan fingerprint density at radius 1 is 1.25 bits per heavy atom. The van der Waals surface area contributed by atoms with Gasteiger partial charge in [-0.05, 0) is 12.1 Å². The SMILES string of the molecule is CS(=O)(=O)c1ncc2c(n1)c(=O)c(C#N)c1oc3ccccc3n12. The van der Waals surface area contributed by atoms with Crippen molar-refractivity contribution >= 4 is 37.7 Å². The molecule has 0 saturated heterocycles. The predicted molar refractivity (Wildman–Crippen MR) is 84.4 cm³/mol. The van der Waals surface area contributed by atoms with Gasteiger partial charge in [0, 0.05) is 6.26 Å². The zero-order valence-electron chi connectivity index (χ0n) is 12.2. The highest BCUT2D eigenvalue weighted by Crippen LogP contribution is 2.25. The fraction of sp³-hybridized carbons (Fsp3) is 0.0667. The molecule has 24 heavy (non-hydrogen) atoms. The average Bonchev–Trinajstić information content (AvgIpc) is 2.93. The van der Waals surface area contributed by atoms with Crippen LogP contribution in [0.5, 0.6) is 0 Å². The van der Waals surface area contributed by atoms with Crippen LogP contribution in [0.15, 0.2) is 44.8 Å². The average molecular weight is 340 g/mol. The molecule has 0 bridgehead atoms. The highest BCUT2D eigenvalue weighted by atomic mass is 32.2. The smallest absolute Gasteiger partial charge is 0.247 e. The van der Waals surface area contributed by atoms with Crippen LogP contribution in [-0.4, -0.2) is 29.0 Å². The first kappa shape index (κ1) is 14.3. The molecule has 0 saturated carbocycles. The van der Waals surface area contributed by atoms with Crippen molar-refractivity contribution in [2.24, 2.45) is 0 Å². The molecule has 0 spiro atoms. The minimum Gasteiger partial charge on any atom is -0.437 e. The maximum absolute atomic E-state index is 12.5. The summed E-state index contributed by atoms with van der Waals surface area (Å²) in [5.41, 5.74) is 0.359. The van der Waals surface area contributed by atoms with Gasteiger partial charge in [0.25, 0.3) is 0 Å². The third-order valence-electron chi connectivity index (χ3n) is 3.60. The highest BCUT2D eigenvalue weighted by molar-refractivity contribution is 7.90. The van der Waals surface area contributed by atoms with Gasteiger partial charge in [0.15, 0.2) is 11.1 Å². The molecule has 4 aromatic rings. The van der Waals surface area contributed by atoms with Crippen molar-refractivity contribution in [3.05, 3.63) is 46.2 Å². The molecule has 0 amide bonds. The second-order valence-electron chi connectivity index (χ2n) is 5.18. The lowest BCUT2D eigenvalue weighted by atomic mass is 10.2. The van der Waals surface area contributed by atoms with E-state index in [2.05, 4.69) is 9.97 Å². The second-order valence-corrected chi connectivity index (χ2v) is 7.09. The van der Waals surface area contributed by atoms with Crippen LogP contribution in [-0.2, 0) is 9.84 Å². The molecule has 8 nitrogen and oxygen atoms in total. The molecule has 0 aliphatic carbocycles. The number of nitriles is 1. The molecule has 4 rings (SSSR count). The van der Waals surface area contributed by atoms with Gasteiger partial charge in [-0.1, -0.05) is 12.1 Å². The van der Waals surface area contributed by atoms with Crippen molar-refractivity contribution in [2.45, 2.75) is 5.16 Å². The van der Waals surface area contributed by atoms with Crippen molar-refractivity contribution in [1.82, 2.24) is 14.4 Å². The number of para-hydroxylation sites is 2. The van der Waals surface area contributed by atoms with E-state index in [0.29, 0.717) is 11.1 Å². The van der Waals surface area contributed by atoms with Crippen molar-refractivity contribution in [2.75, 3.05) is 6.26 Å². The first-order valence-corrected chi connectivity index (χ1v) is 8.64. The van der Waals surface area contributed by atoms with E-state index < -0.39 is 20.4 Å². The lowest BCUT2D eigenvalue weighted by Gasteiger charge is -2.04. The minimum atomic E-state index is -3.69. The van der Waals surface area contributed by atoms with Crippen molar-refractivity contribution in [3.8, 4) is 6.07 Å². The first-order valence-electron chi connectivity index (χ1n) is 6.75. The van der Waals surface area contributed by atoms with Crippen LogP contribution < -0.4 is 5.43 Å². The number of nitrogens with zero attached hydrogens (tertiary/aromatic N) is 4. The Hall–Kier alpha value is -3.25. The third kappa shape index (κ3) is 1.83. The zero-order valence-corrected chi connectivity index (χ0v) is 13.0. The Balaban J connectivity index is 2.35. The van der Waals surface area contributed by atoms with Crippen LogP contribution >= 0.6 is 0 Å². The molecule has 0 unspecified atom stereocenters. The largest absolute Gasteiger partial charge is 0.437 e. The molecule has 0 N–H and O–H groups in total. The van der Waals surface area contributed by atoms with Gasteiger partial charge < -0.3 is 4.42 Å². The third-order valence-corrected chi connectivity index (χ3v) is 4.46. The monoisotopic (exact) mass is 340 g/mol. The Kier molecular flexibility index (Phi) is 2.76. The first-order chi connectivity index (χ1) is 11.4. The molecule has 118 valence electrons. The Bertz CT molecular complexity index is 1360. The fourth-order valence-electron chi connectivity index (χ4n) is 2.57. The predicted octanol–water partition coefficient (Wildman–Crippen LogP) is 1.26. The van der Waals surface area contributed by atoms with Crippen molar-refractivity contribution < 1.29 is 12.8 Å². The summed E-state index contributed by atoms with van der Waals surface area (Å²) in [4.78, 5) is 20.2. The zero-order chi connectivity index (χ0) is 17.1. The normalized spacial score (nSPS) is 12.0. The van der Waals surface area contributed by atoms with E-state index in [0.717, 1.165) is 6.26 Å². The van der Waals surface area contributed by atoms with Crippen molar-refractivity contribution in [3.63, 3.8) is 0 Å². The molecule has 3 heterocycles. The van der Waals surface area contributed by atoms with Gasteiger partial charge in [-0.25, -0.2) is 18.4 Å². The second kappa shape index (κ2) is 4.62. The van der Waals surface area contributed by atoms with Crippen LogP contribution in [0.2, 0.25) is 0 Å². The summed E-state index contributed by atoms with van der Waals surface area (Å²) >= 11 is 0. The van der Waals surface area contributed by atoms with Crippen LogP contribution in [0.3, 0.4) is 0 Å². The molecule has 3 aromatic heterocycles. The molecule has 9 heteroatoms. The standard InChI is InChI=1S/C15H8N4O4S/c1-24(21,22)15-17-7-10-12(18-15)13(20)8(6-16)14-19(10)9-4-2-3-5-11(9)23-14/h2-5,7H,1H3. The summed E-state index contributed by atoms with van der Waals surface area (Å²) in [6, 6.07) is 8.80. The van der Waals surface area contributed by atoms with E-state index in [1.807, 2.05) is 6.07 Å². The number of hydrogen-bond donors (Lipinski definition) is 0. The maximum atomic E-state index is 12.5. The molecule has 0 aliphatic heterocycles. The molecule has 0 radical (unpaired) electrons. The van der Waals surface area contributed by atoms with E-state index in [4.69, 9.17) is 4.42 Å². The number of benzene rings is 1. The summed E-state index contributed by atoms with van der Waals surface area (Å²) < 4.78 is 30.5. The number of hydrogen-bond acceptors (Lipinski definition) is 7. The fourth-order valence-corrected chi connectivity index (χ4v) is 3.07. The van der Waals surface area contributed by atoms with Crippen LogP contribution in [0.25, 0.3) is 27.8 Å². The number of fused-ring (bicyclic) bond motifs is 5. The molecule has 0 fully saturated rings. The Labute approximate surface area is 134 Å². The van der Waals surface area contributed by atoms with E-state index >= 15 is 0 Å². The van der Waals surface area contributed by atoms with Gasteiger partial charge in [0.2, 0.25) is 26.1 Å². The van der Waals surface area contributed by atoms with Crippen LogP contribution in [0.1, 0.15) is 5.56 Å². The van der Waals surface area contributed by atoms with E-state index in [1.54, 1.807) is 24.3 Å². The van der Waals surface area contributed by atoms with Gasteiger partial charge >= 0.3 is 0 Å². The molecule has 0 aliphatic rings. The summed E-state index contributed by atoms with van der Waals surface area (Å²) in [6.45, 7) is 0.